The van der Waals surface area contributed by atoms with Gasteiger partial charge in [0.05, 0.1) is 0 Å². The first-order chi connectivity index (χ1) is 6.22. The molecule has 4 heteroatoms. The van der Waals surface area contributed by atoms with Gasteiger partial charge in [0.15, 0.2) is 6.61 Å². The van der Waals surface area contributed by atoms with Gasteiger partial charge in [-0.3, -0.25) is 10.0 Å². The van der Waals surface area contributed by atoms with E-state index < -0.39 is 5.91 Å². The number of amides is 1. The lowest BCUT2D eigenvalue weighted by atomic mass is 10.2. The Morgan fingerprint density at radius 3 is 2.62 bits per heavy atom. The van der Waals surface area contributed by atoms with E-state index in [9.17, 15) is 4.79 Å². The number of hydrogen-bond donors (Lipinski definition) is 2. The van der Waals surface area contributed by atoms with Crippen LogP contribution in [0.15, 0.2) is 24.3 Å². The van der Waals surface area contributed by atoms with Gasteiger partial charge in [-0.15, -0.1) is 0 Å². The molecule has 0 unspecified atom stereocenters. The largest absolute Gasteiger partial charge is 0.484 e. The third-order valence-corrected chi connectivity index (χ3v) is 1.52. The highest BCUT2D eigenvalue weighted by molar-refractivity contribution is 5.76. The second kappa shape index (κ2) is 4.47. The van der Waals surface area contributed by atoms with E-state index in [1.54, 1.807) is 12.1 Å². The van der Waals surface area contributed by atoms with Crippen molar-refractivity contribution in [1.82, 2.24) is 5.48 Å². The molecule has 0 aliphatic rings. The van der Waals surface area contributed by atoms with E-state index in [1.807, 2.05) is 19.1 Å². The third-order valence-electron chi connectivity index (χ3n) is 1.52. The maximum absolute atomic E-state index is 10.6. The summed E-state index contributed by atoms with van der Waals surface area (Å²) in [6.07, 6.45) is 0. The molecular formula is C9H11NO3. The first-order valence-corrected chi connectivity index (χ1v) is 3.85. The van der Waals surface area contributed by atoms with Gasteiger partial charge >= 0.3 is 0 Å². The van der Waals surface area contributed by atoms with Gasteiger partial charge < -0.3 is 4.74 Å². The fourth-order valence-corrected chi connectivity index (χ4v) is 0.816. The molecule has 1 aromatic carbocycles. The Labute approximate surface area is 76.1 Å². The summed E-state index contributed by atoms with van der Waals surface area (Å²) in [7, 11) is 0. The van der Waals surface area contributed by atoms with Gasteiger partial charge in [0.25, 0.3) is 5.91 Å². The van der Waals surface area contributed by atoms with Crippen LogP contribution in [0, 0.1) is 6.92 Å². The van der Waals surface area contributed by atoms with Gasteiger partial charge in [-0.25, -0.2) is 5.48 Å². The monoisotopic (exact) mass is 181 g/mol. The molecule has 0 radical (unpaired) electrons. The van der Waals surface area contributed by atoms with Gasteiger partial charge in [0, 0.05) is 0 Å². The highest BCUT2D eigenvalue weighted by Crippen LogP contribution is 2.10. The van der Waals surface area contributed by atoms with Crippen LogP contribution in [0.25, 0.3) is 0 Å². The van der Waals surface area contributed by atoms with E-state index >= 15 is 0 Å². The Bertz CT molecular complexity index is 281. The standard InChI is InChI=1S/C9H11NO3/c1-7-2-4-8(5-3-7)13-6-9(11)10-12/h2-5,12H,6H2,1H3,(H,10,11). The molecule has 1 aromatic rings. The second-order valence-corrected chi connectivity index (χ2v) is 2.64. The molecule has 13 heavy (non-hydrogen) atoms. The van der Waals surface area contributed by atoms with Gasteiger partial charge in [-0.05, 0) is 19.1 Å². The van der Waals surface area contributed by atoms with Crippen molar-refractivity contribution >= 4 is 5.91 Å². The average molecular weight is 181 g/mol. The predicted molar refractivity (Wildman–Crippen MR) is 46.6 cm³/mol. The van der Waals surface area contributed by atoms with Crippen molar-refractivity contribution in [3.05, 3.63) is 29.8 Å². The summed E-state index contributed by atoms with van der Waals surface area (Å²) in [5, 5.41) is 8.18. The van der Waals surface area contributed by atoms with Crippen LogP contribution in [0.2, 0.25) is 0 Å². The molecule has 0 fully saturated rings. The molecule has 0 atom stereocenters. The van der Waals surface area contributed by atoms with Crippen molar-refractivity contribution in [2.24, 2.45) is 0 Å². The number of carbonyl (C=O) groups excluding carboxylic acids is 1. The summed E-state index contributed by atoms with van der Waals surface area (Å²) in [5.41, 5.74) is 2.61. The number of ether oxygens (including phenoxy) is 1. The molecule has 70 valence electrons. The van der Waals surface area contributed by atoms with Crippen molar-refractivity contribution < 1.29 is 14.7 Å². The van der Waals surface area contributed by atoms with E-state index in [1.165, 1.54) is 5.48 Å². The highest BCUT2D eigenvalue weighted by Gasteiger charge is 1.99. The van der Waals surface area contributed by atoms with Crippen molar-refractivity contribution in [2.45, 2.75) is 6.92 Å². The minimum absolute atomic E-state index is 0.181. The molecule has 1 amide bonds. The van der Waals surface area contributed by atoms with Crippen LogP contribution in [0.5, 0.6) is 5.75 Å². The van der Waals surface area contributed by atoms with E-state index in [0.29, 0.717) is 5.75 Å². The summed E-state index contributed by atoms with van der Waals surface area (Å²) < 4.78 is 5.04. The van der Waals surface area contributed by atoms with E-state index in [4.69, 9.17) is 9.94 Å². The zero-order chi connectivity index (χ0) is 9.68. The van der Waals surface area contributed by atoms with Crippen LogP contribution in [0.1, 0.15) is 5.56 Å². The molecule has 4 nitrogen and oxygen atoms in total. The SMILES string of the molecule is Cc1ccc(OCC(=O)NO)cc1. The Morgan fingerprint density at radius 2 is 2.08 bits per heavy atom. The smallest absolute Gasteiger partial charge is 0.281 e. The van der Waals surface area contributed by atoms with Gasteiger partial charge in [-0.1, -0.05) is 17.7 Å². The number of aryl methyl sites for hydroxylation is 1. The number of carbonyl (C=O) groups is 1. The Morgan fingerprint density at radius 1 is 1.46 bits per heavy atom. The maximum atomic E-state index is 10.6. The first kappa shape index (κ1) is 9.54. The van der Waals surface area contributed by atoms with Crippen LogP contribution >= 0.6 is 0 Å². The lowest BCUT2D eigenvalue weighted by Gasteiger charge is -2.04. The topological polar surface area (TPSA) is 58.6 Å². The molecule has 0 heterocycles. The first-order valence-electron chi connectivity index (χ1n) is 3.85. The lowest BCUT2D eigenvalue weighted by molar-refractivity contribution is -0.131. The number of hydrogen-bond acceptors (Lipinski definition) is 3. The maximum Gasteiger partial charge on any atom is 0.281 e. The Kier molecular flexibility index (Phi) is 3.28. The molecule has 0 aromatic heterocycles. The number of hydroxylamine groups is 1. The minimum Gasteiger partial charge on any atom is -0.484 e. The normalized spacial score (nSPS) is 9.38. The van der Waals surface area contributed by atoms with Gasteiger partial charge in [-0.2, -0.15) is 0 Å². The zero-order valence-electron chi connectivity index (χ0n) is 7.28. The highest BCUT2D eigenvalue weighted by atomic mass is 16.5. The lowest BCUT2D eigenvalue weighted by Crippen LogP contribution is -2.25. The van der Waals surface area contributed by atoms with Crippen molar-refractivity contribution in [3.63, 3.8) is 0 Å². The summed E-state index contributed by atoms with van der Waals surface area (Å²) >= 11 is 0. The molecule has 0 spiro atoms. The quantitative estimate of drug-likeness (QED) is 0.537. The second-order valence-electron chi connectivity index (χ2n) is 2.64. The average Bonchev–Trinajstić information content (AvgIpc) is 2.16. The predicted octanol–water partition coefficient (Wildman–Crippen LogP) is 0.879. The number of nitrogens with one attached hydrogen (secondary N) is 1. The van der Waals surface area contributed by atoms with Gasteiger partial charge in [0.1, 0.15) is 5.75 Å². The summed E-state index contributed by atoms with van der Waals surface area (Å²) in [4.78, 5) is 10.6. The molecule has 2 N–H and O–H groups in total. The van der Waals surface area contributed by atoms with Crippen LogP contribution < -0.4 is 10.2 Å². The summed E-state index contributed by atoms with van der Waals surface area (Å²) in [6, 6.07) is 7.29. The summed E-state index contributed by atoms with van der Waals surface area (Å²) in [6.45, 7) is 1.78. The summed E-state index contributed by atoms with van der Waals surface area (Å²) in [5.74, 6) is 0.0368. The molecule has 0 aliphatic heterocycles. The third kappa shape index (κ3) is 3.13. The number of rotatable bonds is 3. The molecule has 1 rings (SSSR count). The van der Waals surface area contributed by atoms with Crippen LogP contribution in [0.3, 0.4) is 0 Å². The number of benzene rings is 1. The fourth-order valence-electron chi connectivity index (χ4n) is 0.816. The Hall–Kier alpha value is -1.55. The van der Waals surface area contributed by atoms with Crippen LogP contribution in [0.4, 0.5) is 0 Å². The van der Waals surface area contributed by atoms with Crippen molar-refractivity contribution in [2.75, 3.05) is 6.61 Å². The molecule has 0 aliphatic carbocycles. The van der Waals surface area contributed by atoms with E-state index in [2.05, 4.69) is 0 Å². The fraction of sp³-hybridized carbons (Fsp3) is 0.222. The minimum atomic E-state index is -0.569. The van der Waals surface area contributed by atoms with Gasteiger partial charge in [0.2, 0.25) is 0 Å². The zero-order valence-corrected chi connectivity index (χ0v) is 7.28. The molecule has 0 bridgehead atoms. The van der Waals surface area contributed by atoms with Crippen LogP contribution in [-0.2, 0) is 4.79 Å². The van der Waals surface area contributed by atoms with Crippen molar-refractivity contribution in [3.8, 4) is 5.75 Å². The Balaban J connectivity index is 2.46. The van der Waals surface area contributed by atoms with Crippen LogP contribution in [-0.4, -0.2) is 17.7 Å². The van der Waals surface area contributed by atoms with E-state index in [0.717, 1.165) is 5.56 Å². The molecule has 0 saturated heterocycles. The molecule has 0 saturated carbocycles. The van der Waals surface area contributed by atoms with Crippen molar-refractivity contribution in [1.29, 1.82) is 0 Å². The molecular weight excluding hydrogens is 170 g/mol. The van der Waals surface area contributed by atoms with E-state index in [-0.39, 0.29) is 6.61 Å².